The van der Waals surface area contributed by atoms with Crippen molar-refractivity contribution in [3.63, 3.8) is 0 Å². The molecule has 0 saturated carbocycles. The average Bonchev–Trinajstić information content (AvgIpc) is 2.28. The van der Waals surface area contributed by atoms with Gasteiger partial charge in [0.25, 0.3) is 0 Å². The Morgan fingerprint density at radius 2 is 1.88 bits per heavy atom. The third-order valence-electron chi connectivity index (χ3n) is 3.15. The van der Waals surface area contributed by atoms with Gasteiger partial charge in [0.05, 0.1) is 0 Å². The highest BCUT2D eigenvalue weighted by Gasteiger charge is 2.26. The van der Waals surface area contributed by atoms with Gasteiger partial charge in [0, 0.05) is 32.0 Å². The Labute approximate surface area is 104 Å². The Hall–Kier alpha value is -1.06. The maximum absolute atomic E-state index is 11.8. The molecule has 4 nitrogen and oxygen atoms in total. The molecule has 2 amide bonds. The molecule has 0 spiro atoms. The van der Waals surface area contributed by atoms with E-state index in [1.807, 2.05) is 11.8 Å². The van der Waals surface area contributed by atoms with Crippen molar-refractivity contribution in [2.75, 3.05) is 19.6 Å². The third kappa shape index (κ3) is 4.36. The molecule has 1 aliphatic heterocycles. The van der Waals surface area contributed by atoms with E-state index in [2.05, 4.69) is 19.2 Å². The maximum atomic E-state index is 11.8. The highest BCUT2D eigenvalue weighted by Crippen LogP contribution is 2.18. The molecule has 0 aromatic rings. The Morgan fingerprint density at radius 1 is 1.29 bits per heavy atom. The van der Waals surface area contributed by atoms with Crippen LogP contribution in [0.1, 0.15) is 40.0 Å². The summed E-state index contributed by atoms with van der Waals surface area (Å²) in [7, 11) is 0. The summed E-state index contributed by atoms with van der Waals surface area (Å²) in [4.78, 5) is 25.4. The minimum atomic E-state index is 0.0954. The van der Waals surface area contributed by atoms with E-state index in [4.69, 9.17) is 0 Å². The molecule has 17 heavy (non-hydrogen) atoms. The van der Waals surface area contributed by atoms with Crippen molar-refractivity contribution in [1.29, 1.82) is 0 Å². The van der Waals surface area contributed by atoms with E-state index in [0.29, 0.717) is 18.9 Å². The standard InChI is InChI=1S/C13H24N2O2/c1-4-14-13(17)11-5-7-15(8-6-11)12(16)9-10(2)3/h10-11H,4-9H2,1-3H3,(H,14,17). The van der Waals surface area contributed by atoms with Crippen LogP contribution in [0.25, 0.3) is 0 Å². The Balaban J connectivity index is 2.35. The van der Waals surface area contributed by atoms with Crippen LogP contribution in [0.4, 0.5) is 0 Å². The van der Waals surface area contributed by atoms with Crippen LogP contribution in [-0.2, 0) is 9.59 Å². The Bertz CT molecular complexity index is 269. The molecule has 1 heterocycles. The molecule has 0 aliphatic carbocycles. The summed E-state index contributed by atoms with van der Waals surface area (Å²) in [5.74, 6) is 0.875. The number of piperidine rings is 1. The first-order chi connectivity index (χ1) is 8.04. The van der Waals surface area contributed by atoms with Crippen LogP contribution in [0.2, 0.25) is 0 Å². The van der Waals surface area contributed by atoms with Crippen LogP contribution in [0, 0.1) is 11.8 Å². The number of carbonyl (C=O) groups excluding carboxylic acids is 2. The molecule has 0 aromatic carbocycles. The normalized spacial score (nSPS) is 17.3. The molecule has 1 rings (SSSR count). The van der Waals surface area contributed by atoms with Crippen LogP contribution >= 0.6 is 0 Å². The minimum Gasteiger partial charge on any atom is -0.356 e. The van der Waals surface area contributed by atoms with Gasteiger partial charge in [-0.2, -0.15) is 0 Å². The minimum absolute atomic E-state index is 0.0954. The van der Waals surface area contributed by atoms with E-state index in [1.54, 1.807) is 0 Å². The molecule has 0 atom stereocenters. The number of nitrogens with zero attached hydrogens (tertiary/aromatic N) is 1. The quantitative estimate of drug-likeness (QED) is 0.807. The van der Waals surface area contributed by atoms with Gasteiger partial charge < -0.3 is 10.2 Å². The van der Waals surface area contributed by atoms with Crippen molar-refractivity contribution in [2.45, 2.75) is 40.0 Å². The van der Waals surface area contributed by atoms with Gasteiger partial charge in [0.1, 0.15) is 0 Å². The lowest BCUT2D eigenvalue weighted by atomic mass is 9.95. The number of nitrogens with one attached hydrogen (secondary N) is 1. The number of rotatable bonds is 4. The molecule has 0 radical (unpaired) electrons. The Morgan fingerprint density at radius 3 is 2.35 bits per heavy atom. The zero-order valence-electron chi connectivity index (χ0n) is 11.2. The first-order valence-electron chi connectivity index (χ1n) is 6.60. The number of likely N-dealkylation sites (tertiary alicyclic amines) is 1. The zero-order valence-corrected chi connectivity index (χ0v) is 11.2. The number of hydrogen-bond donors (Lipinski definition) is 1. The third-order valence-corrected chi connectivity index (χ3v) is 3.15. The maximum Gasteiger partial charge on any atom is 0.223 e. The topological polar surface area (TPSA) is 49.4 Å². The summed E-state index contributed by atoms with van der Waals surface area (Å²) < 4.78 is 0. The van der Waals surface area contributed by atoms with Crippen molar-refractivity contribution < 1.29 is 9.59 Å². The van der Waals surface area contributed by atoms with Crippen molar-refractivity contribution in [3.8, 4) is 0 Å². The summed E-state index contributed by atoms with van der Waals surface area (Å²) in [6, 6.07) is 0. The van der Waals surface area contributed by atoms with Gasteiger partial charge in [-0.25, -0.2) is 0 Å². The highest BCUT2D eigenvalue weighted by atomic mass is 16.2. The van der Waals surface area contributed by atoms with Gasteiger partial charge in [-0.05, 0) is 25.7 Å². The summed E-state index contributed by atoms with van der Waals surface area (Å²) in [6.45, 7) is 8.18. The molecular formula is C13H24N2O2. The van der Waals surface area contributed by atoms with Crippen LogP contribution in [0.15, 0.2) is 0 Å². The van der Waals surface area contributed by atoms with Gasteiger partial charge >= 0.3 is 0 Å². The van der Waals surface area contributed by atoms with Crippen LogP contribution in [0.3, 0.4) is 0 Å². The summed E-state index contributed by atoms with van der Waals surface area (Å²) in [5.41, 5.74) is 0. The fourth-order valence-corrected chi connectivity index (χ4v) is 2.19. The average molecular weight is 240 g/mol. The lowest BCUT2D eigenvalue weighted by molar-refractivity contribution is -0.136. The van der Waals surface area contributed by atoms with E-state index in [9.17, 15) is 9.59 Å². The van der Waals surface area contributed by atoms with E-state index in [-0.39, 0.29) is 17.7 Å². The van der Waals surface area contributed by atoms with Crippen molar-refractivity contribution in [2.24, 2.45) is 11.8 Å². The molecule has 0 aromatic heterocycles. The van der Waals surface area contributed by atoms with Gasteiger partial charge in [-0.3, -0.25) is 9.59 Å². The van der Waals surface area contributed by atoms with Crippen molar-refractivity contribution >= 4 is 11.8 Å². The summed E-state index contributed by atoms with van der Waals surface area (Å²) >= 11 is 0. The van der Waals surface area contributed by atoms with Crippen LogP contribution in [0.5, 0.6) is 0 Å². The van der Waals surface area contributed by atoms with Crippen LogP contribution < -0.4 is 5.32 Å². The first kappa shape index (κ1) is 14.0. The van der Waals surface area contributed by atoms with E-state index in [0.717, 1.165) is 25.9 Å². The van der Waals surface area contributed by atoms with Crippen molar-refractivity contribution in [1.82, 2.24) is 10.2 Å². The molecule has 1 saturated heterocycles. The molecule has 4 heteroatoms. The SMILES string of the molecule is CCNC(=O)C1CCN(C(=O)CC(C)C)CC1. The van der Waals surface area contributed by atoms with Gasteiger partial charge in [-0.1, -0.05) is 13.8 Å². The van der Waals surface area contributed by atoms with Crippen molar-refractivity contribution in [3.05, 3.63) is 0 Å². The number of amides is 2. The fraction of sp³-hybridized carbons (Fsp3) is 0.846. The Kier molecular flexibility index (Phi) is 5.45. The fourth-order valence-electron chi connectivity index (χ4n) is 2.19. The van der Waals surface area contributed by atoms with E-state index < -0.39 is 0 Å². The molecule has 1 N–H and O–H groups in total. The smallest absolute Gasteiger partial charge is 0.223 e. The predicted octanol–water partition coefficient (Wildman–Crippen LogP) is 1.41. The second-order valence-electron chi connectivity index (χ2n) is 5.15. The number of hydrogen-bond acceptors (Lipinski definition) is 2. The molecule has 98 valence electrons. The van der Waals surface area contributed by atoms with Gasteiger partial charge in [0.15, 0.2) is 0 Å². The largest absolute Gasteiger partial charge is 0.356 e. The molecule has 0 unspecified atom stereocenters. The van der Waals surface area contributed by atoms with Gasteiger partial charge in [0.2, 0.25) is 11.8 Å². The summed E-state index contributed by atoms with van der Waals surface area (Å²) in [6.07, 6.45) is 2.22. The van der Waals surface area contributed by atoms with Crippen LogP contribution in [-0.4, -0.2) is 36.3 Å². The number of carbonyl (C=O) groups is 2. The van der Waals surface area contributed by atoms with E-state index >= 15 is 0 Å². The zero-order chi connectivity index (χ0) is 12.8. The second kappa shape index (κ2) is 6.62. The monoisotopic (exact) mass is 240 g/mol. The van der Waals surface area contributed by atoms with Gasteiger partial charge in [-0.15, -0.1) is 0 Å². The predicted molar refractivity (Wildman–Crippen MR) is 67.4 cm³/mol. The molecular weight excluding hydrogens is 216 g/mol. The second-order valence-corrected chi connectivity index (χ2v) is 5.15. The first-order valence-corrected chi connectivity index (χ1v) is 6.60. The molecule has 1 aliphatic rings. The lowest BCUT2D eigenvalue weighted by Crippen LogP contribution is -2.43. The highest BCUT2D eigenvalue weighted by molar-refractivity contribution is 5.80. The van der Waals surface area contributed by atoms with E-state index in [1.165, 1.54) is 0 Å². The molecule has 0 bridgehead atoms. The molecule has 1 fully saturated rings. The lowest BCUT2D eigenvalue weighted by Gasteiger charge is -2.31. The summed E-state index contributed by atoms with van der Waals surface area (Å²) in [5, 5.41) is 2.85.